The molecule has 6 nitrogen and oxygen atoms in total. The molecule has 0 amide bonds. The Morgan fingerprint density at radius 3 is 2.07 bits per heavy atom. The first kappa shape index (κ1) is 12.6. The number of rotatable bonds is 3. The third kappa shape index (κ3) is 3.90. The van der Waals surface area contributed by atoms with Crippen molar-refractivity contribution in [1.82, 2.24) is 4.49 Å². The Hall–Kier alpha value is -0.430. The summed E-state index contributed by atoms with van der Waals surface area (Å²) in [4.78, 5) is 16.7. The zero-order chi connectivity index (χ0) is 11.7. The molecule has 0 bridgehead atoms. The summed E-state index contributed by atoms with van der Waals surface area (Å²) in [5.41, 5.74) is 0. The standard InChI is InChI=1S/C6H7ClNO5PS/c7-5-1-3-6(4-2-5)15(12,13)8-14(9,10)11/h1-4H,(H3,8,9,10,11). The molecular weight excluding hydrogens is 265 g/mol. The van der Waals surface area contributed by atoms with Crippen LogP contribution in [-0.4, -0.2) is 18.2 Å². The Kier molecular flexibility index (Phi) is 3.55. The Morgan fingerprint density at radius 2 is 1.67 bits per heavy atom. The highest BCUT2D eigenvalue weighted by atomic mass is 35.5. The van der Waals surface area contributed by atoms with Crippen molar-refractivity contribution in [1.29, 1.82) is 0 Å². The molecule has 3 N–H and O–H groups in total. The highest BCUT2D eigenvalue weighted by Crippen LogP contribution is 2.31. The number of hydrogen-bond acceptors (Lipinski definition) is 3. The molecule has 0 aliphatic carbocycles. The summed E-state index contributed by atoms with van der Waals surface area (Å²) in [7, 11) is -9.04. The van der Waals surface area contributed by atoms with Gasteiger partial charge in [0, 0.05) is 5.02 Å². The Morgan fingerprint density at radius 1 is 1.20 bits per heavy atom. The van der Waals surface area contributed by atoms with E-state index < -0.39 is 17.8 Å². The van der Waals surface area contributed by atoms with E-state index in [-0.39, 0.29) is 4.90 Å². The first-order chi connectivity index (χ1) is 6.71. The van der Waals surface area contributed by atoms with Crippen LogP contribution in [0, 0.1) is 0 Å². The Labute approximate surface area is 91.2 Å². The molecule has 0 aromatic heterocycles. The molecule has 84 valence electrons. The first-order valence-corrected chi connectivity index (χ1v) is 7.03. The number of benzene rings is 1. The van der Waals surface area contributed by atoms with E-state index in [4.69, 9.17) is 21.4 Å². The second kappa shape index (κ2) is 4.21. The summed E-state index contributed by atoms with van der Waals surface area (Å²) < 4.78 is 34.3. The van der Waals surface area contributed by atoms with Crippen LogP contribution in [0.2, 0.25) is 5.02 Å². The van der Waals surface area contributed by atoms with Crippen molar-refractivity contribution in [2.45, 2.75) is 4.90 Å². The van der Waals surface area contributed by atoms with Crippen LogP contribution in [0.4, 0.5) is 0 Å². The van der Waals surface area contributed by atoms with Gasteiger partial charge in [-0.05, 0) is 24.3 Å². The molecule has 0 heterocycles. The topological polar surface area (TPSA) is 104 Å². The molecule has 0 aliphatic heterocycles. The summed E-state index contributed by atoms with van der Waals surface area (Å²) in [5, 5.41) is 0.324. The van der Waals surface area contributed by atoms with E-state index in [1.807, 2.05) is 0 Å². The van der Waals surface area contributed by atoms with Crippen molar-refractivity contribution in [3.05, 3.63) is 29.3 Å². The van der Waals surface area contributed by atoms with Gasteiger partial charge in [0.2, 0.25) is 10.0 Å². The molecule has 15 heavy (non-hydrogen) atoms. The van der Waals surface area contributed by atoms with E-state index in [1.165, 1.54) is 16.6 Å². The van der Waals surface area contributed by atoms with Crippen LogP contribution in [0.3, 0.4) is 0 Å². The van der Waals surface area contributed by atoms with Gasteiger partial charge in [-0.25, -0.2) is 13.0 Å². The number of sulfonamides is 1. The van der Waals surface area contributed by atoms with Crippen molar-refractivity contribution in [2.24, 2.45) is 0 Å². The Balaban J connectivity index is 3.07. The molecule has 0 aliphatic rings. The smallest absolute Gasteiger partial charge is 0.312 e. The molecule has 0 saturated heterocycles. The second-order valence-corrected chi connectivity index (χ2v) is 6.33. The minimum atomic E-state index is -4.84. The van der Waals surface area contributed by atoms with Gasteiger partial charge in [-0.1, -0.05) is 11.6 Å². The van der Waals surface area contributed by atoms with Crippen LogP contribution < -0.4 is 4.49 Å². The molecule has 0 atom stereocenters. The third-order valence-corrected chi connectivity index (χ3v) is 4.42. The van der Waals surface area contributed by atoms with Crippen molar-refractivity contribution >= 4 is 29.4 Å². The van der Waals surface area contributed by atoms with Gasteiger partial charge in [0.1, 0.15) is 0 Å². The lowest BCUT2D eigenvalue weighted by atomic mass is 10.4. The number of hydrogen-bond donors (Lipinski definition) is 3. The van der Waals surface area contributed by atoms with Gasteiger partial charge in [-0.15, -0.1) is 4.49 Å². The monoisotopic (exact) mass is 271 g/mol. The lowest BCUT2D eigenvalue weighted by Crippen LogP contribution is -2.20. The predicted octanol–water partition coefficient (Wildman–Crippen LogP) is 0.711. The fraction of sp³-hybridized carbons (Fsp3) is 0. The van der Waals surface area contributed by atoms with Crippen LogP contribution in [-0.2, 0) is 14.6 Å². The number of halogens is 1. The maximum atomic E-state index is 11.3. The SMILES string of the molecule is O=P(O)(O)NS(=O)(=O)c1ccc(Cl)cc1. The molecule has 0 unspecified atom stereocenters. The van der Waals surface area contributed by atoms with Crippen molar-refractivity contribution in [3.63, 3.8) is 0 Å². The molecule has 1 rings (SSSR count). The lowest BCUT2D eigenvalue weighted by molar-refractivity contribution is 0.368. The van der Waals surface area contributed by atoms with Gasteiger partial charge < -0.3 is 9.79 Å². The van der Waals surface area contributed by atoms with Crippen LogP contribution >= 0.6 is 19.3 Å². The first-order valence-electron chi connectivity index (χ1n) is 3.56. The van der Waals surface area contributed by atoms with Crippen LogP contribution in [0.1, 0.15) is 0 Å². The van der Waals surface area contributed by atoms with E-state index >= 15 is 0 Å². The van der Waals surface area contributed by atoms with Gasteiger partial charge in [-0.3, -0.25) is 0 Å². The van der Waals surface area contributed by atoms with Crippen LogP contribution in [0.25, 0.3) is 0 Å². The molecule has 0 fully saturated rings. The maximum absolute atomic E-state index is 11.3. The predicted molar refractivity (Wildman–Crippen MR) is 53.8 cm³/mol. The van der Waals surface area contributed by atoms with E-state index in [9.17, 15) is 13.0 Å². The summed E-state index contributed by atoms with van der Waals surface area (Å²) in [5.74, 6) is 0. The molecule has 0 spiro atoms. The van der Waals surface area contributed by atoms with Crippen molar-refractivity contribution in [2.75, 3.05) is 0 Å². The van der Waals surface area contributed by atoms with Gasteiger partial charge in [0.15, 0.2) is 0 Å². The summed E-state index contributed by atoms with van der Waals surface area (Å²) in [6.07, 6.45) is 0. The van der Waals surface area contributed by atoms with Crippen molar-refractivity contribution < 1.29 is 22.8 Å². The average Bonchev–Trinajstić information content (AvgIpc) is 2.00. The minimum Gasteiger partial charge on any atom is -0.312 e. The normalized spacial score (nSPS) is 12.7. The van der Waals surface area contributed by atoms with Crippen LogP contribution in [0.5, 0.6) is 0 Å². The average molecular weight is 272 g/mol. The highest BCUT2D eigenvalue weighted by Gasteiger charge is 2.24. The van der Waals surface area contributed by atoms with Gasteiger partial charge >= 0.3 is 7.75 Å². The maximum Gasteiger partial charge on any atom is 0.414 e. The summed E-state index contributed by atoms with van der Waals surface area (Å²) in [6.45, 7) is 0. The molecule has 9 heteroatoms. The third-order valence-electron chi connectivity index (χ3n) is 1.36. The molecule has 1 aromatic rings. The van der Waals surface area contributed by atoms with E-state index in [2.05, 4.69) is 0 Å². The van der Waals surface area contributed by atoms with Gasteiger partial charge in [0.25, 0.3) is 0 Å². The van der Waals surface area contributed by atoms with E-state index in [1.54, 1.807) is 0 Å². The zero-order valence-electron chi connectivity index (χ0n) is 7.16. The zero-order valence-corrected chi connectivity index (χ0v) is 9.63. The molecule has 0 radical (unpaired) electrons. The number of nitrogens with one attached hydrogen (secondary N) is 1. The quantitative estimate of drug-likeness (QED) is 0.703. The fourth-order valence-electron chi connectivity index (χ4n) is 0.823. The van der Waals surface area contributed by atoms with E-state index in [0.717, 1.165) is 12.1 Å². The lowest BCUT2D eigenvalue weighted by Gasteiger charge is -2.07. The highest BCUT2D eigenvalue weighted by molar-refractivity contribution is 7.94. The van der Waals surface area contributed by atoms with Gasteiger partial charge in [0.05, 0.1) is 4.90 Å². The second-order valence-electron chi connectivity index (χ2n) is 2.59. The largest absolute Gasteiger partial charge is 0.414 e. The molecular formula is C6H7ClNO5PS. The molecule has 1 aromatic carbocycles. The van der Waals surface area contributed by atoms with Gasteiger partial charge in [-0.2, -0.15) is 0 Å². The Bertz CT molecular complexity index is 493. The van der Waals surface area contributed by atoms with Crippen LogP contribution in [0.15, 0.2) is 29.2 Å². The van der Waals surface area contributed by atoms with Crippen molar-refractivity contribution in [3.8, 4) is 0 Å². The summed E-state index contributed by atoms with van der Waals surface area (Å²) in [6, 6.07) is 4.88. The minimum absolute atomic E-state index is 0.268. The summed E-state index contributed by atoms with van der Waals surface area (Å²) >= 11 is 5.53. The molecule has 0 saturated carbocycles. The fourth-order valence-corrected chi connectivity index (χ4v) is 3.12. The van der Waals surface area contributed by atoms with E-state index in [0.29, 0.717) is 5.02 Å².